The van der Waals surface area contributed by atoms with Gasteiger partial charge in [0.25, 0.3) is 5.91 Å². The van der Waals surface area contributed by atoms with Crippen molar-refractivity contribution in [1.29, 1.82) is 0 Å². The Balaban J connectivity index is 1.63. The van der Waals surface area contributed by atoms with E-state index in [4.69, 9.17) is 0 Å². The maximum atomic E-state index is 12.4. The van der Waals surface area contributed by atoms with E-state index in [0.29, 0.717) is 11.4 Å². The summed E-state index contributed by atoms with van der Waals surface area (Å²) in [6.45, 7) is 4.96. The number of hydrogen-bond donors (Lipinski definition) is 0. The Kier molecular flexibility index (Phi) is 3.81. The average molecular weight is 282 g/mol. The number of amides is 1. The Bertz CT molecular complexity index is 604. The van der Waals surface area contributed by atoms with Crippen LogP contribution in [0.25, 0.3) is 0 Å². The molecule has 0 radical (unpaired) electrons. The van der Waals surface area contributed by atoms with Crippen LogP contribution in [0.3, 0.4) is 0 Å². The summed E-state index contributed by atoms with van der Waals surface area (Å²) in [5, 5.41) is 0. The summed E-state index contributed by atoms with van der Waals surface area (Å²) in [5.41, 5.74) is 1.78. The van der Waals surface area contributed by atoms with E-state index in [1.807, 2.05) is 30.0 Å². The van der Waals surface area contributed by atoms with Crippen molar-refractivity contribution in [3.63, 3.8) is 0 Å². The molecular weight excluding hydrogens is 264 g/mol. The Morgan fingerprint density at radius 1 is 1.00 bits per heavy atom. The summed E-state index contributed by atoms with van der Waals surface area (Å²) in [6.07, 6.45) is 3.21. The largest absolute Gasteiger partial charge is 0.368 e. The number of aromatic nitrogens is 2. The van der Waals surface area contributed by atoms with Gasteiger partial charge in [-0.3, -0.25) is 4.79 Å². The average Bonchev–Trinajstić information content (AvgIpc) is 2.56. The molecule has 0 bridgehead atoms. The van der Waals surface area contributed by atoms with Crippen LogP contribution in [0.15, 0.2) is 42.7 Å². The van der Waals surface area contributed by atoms with Gasteiger partial charge in [-0.05, 0) is 19.1 Å². The zero-order valence-corrected chi connectivity index (χ0v) is 12.1. The first-order valence-corrected chi connectivity index (χ1v) is 7.12. The second-order valence-electron chi connectivity index (χ2n) is 5.13. The highest BCUT2D eigenvalue weighted by atomic mass is 16.2. The molecule has 1 aliphatic heterocycles. The molecule has 0 spiro atoms. The minimum atomic E-state index is 0.0164. The molecule has 0 saturated carbocycles. The molecule has 1 amide bonds. The Labute approximate surface area is 124 Å². The molecule has 1 saturated heterocycles. The molecule has 0 atom stereocenters. The van der Waals surface area contributed by atoms with Crippen LogP contribution in [-0.4, -0.2) is 47.0 Å². The summed E-state index contributed by atoms with van der Waals surface area (Å²) in [7, 11) is 0. The molecule has 1 aromatic carbocycles. The number of rotatable bonds is 2. The quantitative estimate of drug-likeness (QED) is 0.842. The predicted octanol–water partition coefficient (Wildman–Crippen LogP) is 1.75. The standard InChI is InChI=1S/C16H18N4O/c1-13-17-11-14(12-18-13)16(21)20-9-7-19(8-10-20)15-5-3-2-4-6-15/h2-6,11-12H,7-10H2,1H3. The molecule has 0 aliphatic carbocycles. The van der Waals surface area contributed by atoms with Crippen LogP contribution in [0, 0.1) is 6.92 Å². The maximum absolute atomic E-state index is 12.4. The van der Waals surface area contributed by atoms with E-state index in [0.717, 1.165) is 26.2 Å². The Morgan fingerprint density at radius 2 is 1.62 bits per heavy atom. The van der Waals surface area contributed by atoms with Crippen molar-refractivity contribution in [3.05, 3.63) is 54.1 Å². The van der Waals surface area contributed by atoms with Gasteiger partial charge in [-0.15, -0.1) is 0 Å². The fourth-order valence-corrected chi connectivity index (χ4v) is 2.49. The second-order valence-corrected chi connectivity index (χ2v) is 5.13. The molecule has 108 valence electrons. The van der Waals surface area contributed by atoms with Gasteiger partial charge >= 0.3 is 0 Å². The maximum Gasteiger partial charge on any atom is 0.257 e. The van der Waals surface area contributed by atoms with Gasteiger partial charge in [0.2, 0.25) is 0 Å². The first-order valence-electron chi connectivity index (χ1n) is 7.12. The third-order valence-corrected chi connectivity index (χ3v) is 3.72. The fraction of sp³-hybridized carbons (Fsp3) is 0.312. The van der Waals surface area contributed by atoms with Crippen LogP contribution in [-0.2, 0) is 0 Å². The van der Waals surface area contributed by atoms with Gasteiger partial charge in [0, 0.05) is 44.3 Å². The van der Waals surface area contributed by atoms with Gasteiger partial charge in [-0.2, -0.15) is 0 Å². The fourth-order valence-electron chi connectivity index (χ4n) is 2.49. The van der Waals surface area contributed by atoms with Gasteiger partial charge in [-0.1, -0.05) is 18.2 Å². The number of anilines is 1. The molecule has 0 N–H and O–H groups in total. The number of nitrogens with zero attached hydrogens (tertiary/aromatic N) is 4. The van der Waals surface area contributed by atoms with Crippen molar-refractivity contribution in [2.24, 2.45) is 0 Å². The number of benzene rings is 1. The second kappa shape index (κ2) is 5.91. The van der Waals surface area contributed by atoms with Crippen LogP contribution in [0.4, 0.5) is 5.69 Å². The molecule has 1 fully saturated rings. The minimum Gasteiger partial charge on any atom is -0.368 e. The molecule has 0 unspecified atom stereocenters. The normalized spacial score (nSPS) is 15.1. The van der Waals surface area contributed by atoms with E-state index in [9.17, 15) is 4.79 Å². The van der Waals surface area contributed by atoms with Gasteiger partial charge < -0.3 is 9.80 Å². The highest BCUT2D eigenvalue weighted by Crippen LogP contribution is 2.16. The van der Waals surface area contributed by atoms with Gasteiger partial charge in [0.15, 0.2) is 0 Å². The van der Waals surface area contributed by atoms with Crippen molar-refractivity contribution in [1.82, 2.24) is 14.9 Å². The SMILES string of the molecule is Cc1ncc(C(=O)N2CCN(c3ccccc3)CC2)cn1. The molecule has 3 rings (SSSR count). The smallest absolute Gasteiger partial charge is 0.257 e. The van der Waals surface area contributed by atoms with Crippen LogP contribution in [0.5, 0.6) is 0 Å². The molecule has 21 heavy (non-hydrogen) atoms. The molecule has 1 aliphatic rings. The molecule has 5 heteroatoms. The molecule has 2 heterocycles. The lowest BCUT2D eigenvalue weighted by Crippen LogP contribution is -2.48. The summed E-state index contributed by atoms with van der Waals surface area (Å²) in [4.78, 5) is 24.7. The van der Waals surface area contributed by atoms with Crippen LogP contribution < -0.4 is 4.90 Å². The summed E-state index contributed by atoms with van der Waals surface area (Å²) in [5.74, 6) is 0.697. The van der Waals surface area contributed by atoms with Crippen molar-refractivity contribution in [2.75, 3.05) is 31.1 Å². The highest BCUT2D eigenvalue weighted by Gasteiger charge is 2.22. The highest BCUT2D eigenvalue weighted by molar-refractivity contribution is 5.93. The third-order valence-electron chi connectivity index (χ3n) is 3.72. The lowest BCUT2D eigenvalue weighted by atomic mass is 10.2. The number of aryl methyl sites for hydroxylation is 1. The van der Waals surface area contributed by atoms with E-state index in [-0.39, 0.29) is 5.91 Å². The first kappa shape index (κ1) is 13.5. The van der Waals surface area contributed by atoms with Crippen LogP contribution in [0.1, 0.15) is 16.2 Å². The van der Waals surface area contributed by atoms with E-state index >= 15 is 0 Å². The number of carbonyl (C=O) groups is 1. The zero-order valence-electron chi connectivity index (χ0n) is 12.1. The van der Waals surface area contributed by atoms with Gasteiger partial charge in [0.1, 0.15) is 5.82 Å². The molecular formula is C16H18N4O. The zero-order chi connectivity index (χ0) is 14.7. The number of carbonyl (C=O) groups excluding carboxylic acids is 1. The lowest BCUT2D eigenvalue weighted by Gasteiger charge is -2.36. The van der Waals surface area contributed by atoms with Crippen molar-refractivity contribution in [2.45, 2.75) is 6.92 Å². The van der Waals surface area contributed by atoms with E-state index in [1.54, 1.807) is 12.4 Å². The van der Waals surface area contributed by atoms with E-state index in [2.05, 4.69) is 27.0 Å². The summed E-state index contributed by atoms with van der Waals surface area (Å²) < 4.78 is 0. The van der Waals surface area contributed by atoms with Gasteiger partial charge in [0.05, 0.1) is 5.56 Å². The first-order chi connectivity index (χ1) is 10.2. The van der Waals surface area contributed by atoms with Crippen molar-refractivity contribution >= 4 is 11.6 Å². The Hall–Kier alpha value is -2.43. The van der Waals surface area contributed by atoms with Crippen molar-refractivity contribution < 1.29 is 4.79 Å². The van der Waals surface area contributed by atoms with Crippen LogP contribution in [0.2, 0.25) is 0 Å². The van der Waals surface area contributed by atoms with E-state index in [1.165, 1.54) is 5.69 Å². The summed E-state index contributed by atoms with van der Waals surface area (Å²) in [6, 6.07) is 10.3. The number of para-hydroxylation sites is 1. The summed E-state index contributed by atoms with van der Waals surface area (Å²) >= 11 is 0. The number of hydrogen-bond acceptors (Lipinski definition) is 4. The lowest BCUT2D eigenvalue weighted by molar-refractivity contribution is 0.0746. The topological polar surface area (TPSA) is 49.3 Å². The Morgan fingerprint density at radius 3 is 2.24 bits per heavy atom. The van der Waals surface area contributed by atoms with Crippen LogP contribution >= 0.6 is 0 Å². The van der Waals surface area contributed by atoms with E-state index < -0.39 is 0 Å². The molecule has 5 nitrogen and oxygen atoms in total. The minimum absolute atomic E-state index is 0.0164. The van der Waals surface area contributed by atoms with Crippen molar-refractivity contribution in [3.8, 4) is 0 Å². The monoisotopic (exact) mass is 282 g/mol. The molecule has 2 aromatic rings. The third kappa shape index (κ3) is 3.02. The van der Waals surface area contributed by atoms with Gasteiger partial charge in [-0.25, -0.2) is 9.97 Å². The molecule has 1 aromatic heterocycles. The predicted molar refractivity (Wildman–Crippen MR) is 81.3 cm³/mol. The number of piperazine rings is 1.